The molecule has 0 amide bonds. The van der Waals surface area contributed by atoms with Crippen LogP contribution in [0.3, 0.4) is 0 Å². The fourth-order valence-corrected chi connectivity index (χ4v) is 1.25. The SMILES string of the molecule is O=C(O)CCC(=O)OC(=O)CCCC(=O)OC(=O)CCC(=O)O.[Zn].[Zn].[Zn].[Zn]. The molecule has 0 heterocycles. The molecule has 0 unspecified atom stereocenters. The van der Waals surface area contributed by atoms with Crippen LogP contribution in [0, 0.1) is 0 Å². The summed E-state index contributed by atoms with van der Waals surface area (Å²) >= 11 is 0. The van der Waals surface area contributed by atoms with E-state index < -0.39 is 61.5 Å². The zero-order valence-corrected chi connectivity index (χ0v) is 26.8. The van der Waals surface area contributed by atoms with Crippen LogP contribution in [0.2, 0.25) is 0 Å². The first kappa shape index (κ1) is 37.5. The van der Waals surface area contributed by atoms with Crippen LogP contribution >= 0.6 is 0 Å². The number of carbonyl (C=O) groups is 6. The van der Waals surface area contributed by atoms with E-state index in [4.69, 9.17) is 10.2 Å². The third-order valence-corrected chi connectivity index (χ3v) is 2.30. The van der Waals surface area contributed by atoms with E-state index in [0.29, 0.717) is 0 Å². The van der Waals surface area contributed by atoms with Gasteiger partial charge in [-0.1, -0.05) is 0 Å². The van der Waals surface area contributed by atoms with Gasteiger partial charge in [-0.15, -0.1) is 0 Å². The normalized spacial score (nSPS) is 8.30. The van der Waals surface area contributed by atoms with Crippen LogP contribution in [0.1, 0.15) is 44.9 Å². The minimum absolute atomic E-state index is 0. The standard InChI is InChI=1S/C13H16O10.4Zn/c14-8(15)4-6-12(20)22-10(18)2-1-3-11(19)23-13(21)7-5-9(16)17;;;;/h1-7H2,(H,14,15)(H,16,17);;;;. The molecule has 0 aromatic carbocycles. The molecule has 0 bridgehead atoms. The van der Waals surface area contributed by atoms with Gasteiger partial charge in [0, 0.05) is 90.8 Å². The van der Waals surface area contributed by atoms with Gasteiger partial charge in [0.1, 0.15) is 0 Å². The summed E-state index contributed by atoms with van der Waals surface area (Å²) < 4.78 is 8.61. The number of hydrogen-bond donors (Lipinski definition) is 2. The first-order valence-electron chi connectivity index (χ1n) is 6.61. The summed E-state index contributed by atoms with van der Waals surface area (Å²) in [5.74, 6) is -6.22. The van der Waals surface area contributed by atoms with Gasteiger partial charge in [0.05, 0.1) is 25.7 Å². The van der Waals surface area contributed by atoms with Crippen LogP contribution in [0.15, 0.2) is 0 Å². The Morgan fingerprint density at radius 2 is 0.741 bits per heavy atom. The van der Waals surface area contributed by atoms with Crippen molar-refractivity contribution in [3.8, 4) is 0 Å². The Kier molecular flexibility index (Phi) is 30.5. The molecule has 27 heavy (non-hydrogen) atoms. The molecule has 14 heteroatoms. The number of hydrogen-bond acceptors (Lipinski definition) is 8. The third-order valence-electron chi connectivity index (χ3n) is 2.30. The van der Waals surface area contributed by atoms with Gasteiger partial charge in [-0.05, 0) is 6.42 Å². The molecule has 0 aromatic heterocycles. The van der Waals surface area contributed by atoms with E-state index in [1.54, 1.807) is 0 Å². The van der Waals surface area contributed by atoms with Crippen LogP contribution < -0.4 is 0 Å². The second-order valence-corrected chi connectivity index (χ2v) is 4.33. The van der Waals surface area contributed by atoms with E-state index in [0.717, 1.165) is 0 Å². The van der Waals surface area contributed by atoms with Gasteiger partial charge in [-0.3, -0.25) is 28.8 Å². The molecule has 0 saturated carbocycles. The molecule has 0 saturated heterocycles. The predicted molar refractivity (Wildman–Crippen MR) is 69.8 cm³/mol. The summed E-state index contributed by atoms with van der Waals surface area (Å²) in [4.78, 5) is 64.9. The molecule has 0 rings (SSSR count). The van der Waals surface area contributed by atoms with Gasteiger partial charge < -0.3 is 19.7 Å². The summed E-state index contributed by atoms with van der Waals surface area (Å²) in [5, 5.41) is 16.7. The molecule has 0 aliphatic carbocycles. The van der Waals surface area contributed by atoms with Crippen molar-refractivity contribution in [1.29, 1.82) is 0 Å². The quantitative estimate of drug-likeness (QED) is 0.201. The largest absolute Gasteiger partial charge is 0.481 e. The van der Waals surface area contributed by atoms with Crippen molar-refractivity contribution in [2.75, 3.05) is 0 Å². The average molecular weight is 594 g/mol. The third kappa shape index (κ3) is 25.7. The summed E-state index contributed by atoms with van der Waals surface area (Å²) in [7, 11) is 0. The number of carboxylic acid groups (broad SMARTS) is 2. The van der Waals surface area contributed by atoms with Crippen LogP contribution in [-0.2, 0) is 116 Å². The topological polar surface area (TPSA) is 161 Å². The van der Waals surface area contributed by atoms with Gasteiger partial charge in [0.15, 0.2) is 0 Å². The average Bonchev–Trinajstić information content (AvgIpc) is 2.42. The molecule has 0 aliphatic heterocycles. The summed E-state index contributed by atoms with van der Waals surface area (Å²) in [6.45, 7) is 0. The number of esters is 4. The second kappa shape index (κ2) is 22.0. The van der Waals surface area contributed by atoms with E-state index in [1.807, 2.05) is 0 Å². The monoisotopic (exact) mass is 588 g/mol. The van der Waals surface area contributed by atoms with Gasteiger partial charge in [-0.2, -0.15) is 0 Å². The van der Waals surface area contributed by atoms with Crippen molar-refractivity contribution < 1.29 is 126 Å². The van der Waals surface area contributed by atoms with E-state index >= 15 is 0 Å². The van der Waals surface area contributed by atoms with E-state index in [1.165, 1.54) is 0 Å². The Bertz CT molecular complexity index is 465. The van der Waals surface area contributed by atoms with Crippen LogP contribution in [-0.4, -0.2) is 46.0 Å². The Labute approximate surface area is 205 Å². The van der Waals surface area contributed by atoms with E-state index in [2.05, 4.69) is 9.47 Å². The van der Waals surface area contributed by atoms with Gasteiger partial charge >= 0.3 is 35.8 Å². The first-order chi connectivity index (χ1) is 10.7. The zero-order valence-electron chi connectivity index (χ0n) is 14.9. The predicted octanol–water partition coefficient (Wildman–Crippen LogP) is 0.0159. The smallest absolute Gasteiger partial charge is 0.314 e. The summed E-state index contributed by atoms with van der Waals surface area (Å²) in [6, 6.07) is 0. The summed E-state index contributed by atoms with van der Waals surface area (Å²) in [6.07, 6.45) is -2.44. The fourth-order valence-electron chi connectivity index (χ4n) is 1.25. The van der Waals surface area contributed by atoms with Gasteiger partial charge in [0.25, 0.3) is 0 Å². The van der Waals surface area contributed by atoms with E-state index in [-0.39, 0.29) is 97.2 Å². The molecule has 0 fully saturated rings. The Morgan fingerprint density at radius 1 is 0.481 bits per heavy atom. The summed E-state index contributed by atoms with van der Waals surface area (Å²) in [5.41, 5.74) is 0. The number of rotatable bonds is 10. The van der Waals surface area contributed by atoms with Gasteiger partial charge in [-0.25, -0.2) is 0 Å². The number of ether oxygens (including phenoxy) is 2. The Morgan fingerprint density at radius 3 is 1.00 bits per heavy atom. The minimum atomic E-state index is -1.20. The maximum absolute atomic E-state index is 11.2. The van der Waals surface area contributed by atoms with Crippen molar-refractivity contribution in [3.63, 3.8) is 0 Å². The van der Waals surface area contributed by atoms with Crippen molar-refractivity contribution in [3.05, 3.63) is 0 Å². The molecule has 0 aromatic rings. The molecule has 10 nitrogen and oxygen atoms in total. The second-order valence-electron chi connectivity index (χ2n) is 4.33. The number of aliphatic carboxylic acids is 2. The minimum Gasteiger partial charge on any atom is -0.481 e. The van der Waals surface area contributed by atoms with E-state index in [9.17, 15) is 28.8 Å². The number of carbonyl (C=O) groups excluding carboxylic acids is 4. The molecule has 0 spiro atoms. The molecular weight excluding hydrogens is 578 g/mol. The molecular formula is C13H16O10Zn4. The van der Waals surface area contributed by atoms with Gasteiger partial charge in [0.2, 0.25) is 0 Å². The maximum Gasteiger partial charge on any atom is 0.314 e. The zero-order chi connectivity index (χ0) is 17.8. The molecule has 0 aliphatic rings. The maximum atomic E-state index is 11.2. The number of carboxylic acids is 2. The van der Waals surface area contributed by atoms with Crippen LogP contribution in [0.4, 0.5) is 0 Å². The Balaban J connectivity index is -0.000000403. The Hall–Kier alpha value is -0.286. The fraction of sp³-hybridized carbons (Fsp3) is 0.538. The molecule has 0 radical (unpaired) electrons. The van der Waals surface area contributed by atoms with Crippen molar-refractivity contribution in [2.24, 2.45) is 0 Å². The van der Waals surface area contributed by atoms with Crippen LogP contribution in [0.25, 0.3) is 0 Å². The first-order valence-corrected chi connectivity index (χ1v) is 6.61. The van der Waals surface area contributed by atoms with Crippen molar-refractivity contribution in [2.45, 2.75) is 44.9 Å². The van der Waals surface area contributed by atoms with Crippen molar-refractivity contribution >= 4 is 35.8 Å². The molecule has 2 N–H and O–H groups in total. The molecule has 0 atom stereocenters. The van der Waals surface area contributed by atoms with Crippen LogP contribution in [0.5, 0.6) is 0 Å². The molecule has 136 valence electrons. The van der Waals surface area contributed by atoms with Crippen molar-refractivity contribution in [1.82, 2.24) is 0 Å².